The fraction of sp³-hybridized carbons (Fsp3) is 0. The number of carbonyl (C=O) groups excluding carboxylic acids is 1. The first kappa shape index (κ1) is 21.5. The van der Waals surface area contributed by atoms with Crippen LogP contribution in [-0.4, -0.2) is 20.5 Å². The molecule has 4 rings (SSSR count). The molecule has 2 saturated carbocycles. The van der Waals surface area contributed by atoms with E-state index in [0.717, 1.165) is 5.92 Å². The smallest absolute Gasteiger partial charge is 0.287 e. The molecule has 2 aliphatic carbocycles. The molecule has 0 saturated heterocycles. The SMILES string of the molecule is O=C(/C(=C/[C]1[CH][CH][CH][CH]1)n1cncn1)c1ccc(F)cc1.[CH]1[CH][CH][CH][CH]1.[Fe+2]. The van der Waals surface area contributed by atoms with Gasteiger partial charge in [-0.1, -0.05) is 0 Å². The number of benzene rings is 1. The summed E-state index contributed by atoms with van der Waals surface area (Å²) in [5.41, 5.74) is 0.745. The van der Waals surface area contributed by atoms with Crippen LogP contribution >= 0.6 is 0 Å². The minimum Gasteiger partial charge on any atom is -0.287 e. The molecule has 0 unspecified atom stereocenters. The number of aromatic nitrogens is 3. The molecule has 0 aliphatic heterocycles. The van der Waals surface area contributed by atoms with E-state index in [9.17, 15) is 9.18 Å². The van der Waals surface area contributed by atoms with Crippen molar-refractivity contribution in [2.75, 3.05) is 0 Å². The molecule has 134 valence electrons. The van der Waals surface area contributed by atoms with Gasteiger partial charge in [0.15, 0.2) is 0 Å². The van der Waals surface area contributed by atoms with Crippen molar-refractivity contribution in [1.29, 1.82) is 0 Å². The number of hydrogen-bond acceptors (Lipinski definition) is 3. The molecule has 0 atom stereocenters. The quantitative estimate of drug-likeness (QED) is 0.447. The second-order valence-electron chi connectivity index (χ2n) is 5.39. The number of nitrogens with zero attached hydrogens (tertiary/aromatic N) is 3. The fourth-order valence-electron chi connectivity index (χ4n) is 2.28. The van der Waals surface area contributed by atoms with Crippen molar-refractivity contribution >= 4 is 11.5 Å². The van der Waals surface area contributed by atoms with Crippen LogP contribution in [0, 0.1) is 69.5 Å². The summed E-state index contributed by atoms with van der Waals surface area (Å²) in [6.07, 6.45) is 22.1. The molecule has 2 aromatic rings. The molecule has 0 bridgehead atoms. The maximum absolute atomic E-state index is 13.0. The Morgan fingerprint density at radius 2 is 1.52 bits per heavy atom. The van der Waals surface area contributed by atoms with Gasteiger partial charge in [-0.25, -0.2) is 14.1 Å². The van der Waals surface area contributed by atoms with Crippen LogP contribution in [-0.2, 0) is 17.1 Å². The van der Waals surface area contributed by atoms with Crippen LogP contribution in [0.25, 0.3) is 5.70 Å². The normalized spacial score (nSPS) is 17.1. The fourth-order valence-corrected chi connectivity index (χ4v) is 2.28. The van der Waals surface area contributed by atoms with Gasteiger partial charge in [0.05, 0.1) is 0 Å². The molecular formula is C21H16FFeN3O+2. The predicted octanol–water partition coefficient (Wildman–Crippen LogP) is 3.57. The van der Waals surface area contributed by atoms with Crippen molar-refractivity contribution in [2.45, 2.75) is 0 Å². The zero-order chi connectivity index (χ0) is 18.2. The monoisotopic (exact) mass is 401 g/mol. The van der Waals surface area contributed by atoms with Gasteiger partial charge in [-0.05, 0) is 88.1 Å². The molecule has 10 radical (unpaired) electrons. The van der Waals surface area contributed by atoms with Crippen molar-refractivity contribution in [2.24, 2.45) is 0 Å². The maximum Gasteiger partial charge on any atom is 2.00 e. The van der Waals surface area contributed by atoms with E-state index in [0.29, 0.717) is 11.3 Å². The number of hydrogen-bond donors (Lipinski definition) is 0. The summed E-state index contributed by atoms with van der Waals surface area (Å²) in [5.74, 6) is 0.256. The zero-order valence-corrected chi connectivity index (χ0v) is 15.3. The van der Waals surface area contributed by atoms with E-state index in [-0.39, 0.29) is 28.7 Å². The molecule has 0 N–H and O–H groups in total. The molecule has 27 heavy (non-hydrogen) atoms. The molecule has 1 aromatic heterocycles. The third kappa shape index (κ3) is 6.40. The number of allylic oxidation sites excluding steroid dienone is 2. The summed E-state index contributed by atoms with van der Waals surface area (Å²) >= 11 is 0. The van der Waals surface area contributed by atoms with Crippen molar-refractivity contribution in [3.63, 3.8) is 0 Å². The first-order valence-electron chi connectivity index (χ1n) is 7.99. The van der Waals surface area contributed by atoms with E-state index in [1.807, 2.05) is 57.8 Å². The molecule has 6 heteroatoms. The van der Waals surface area contributed by atoms with Crippen LogP contribution in [0.4, 0.5) is 4.39 Å². The van der Waals surface area contributed by atoms with Crippen LogP contribution in [0.5, 0.6) is 0 Å². The molecule has 2 fully saturated rings. The minimum absolute atomic E-state index is 0. The van der Waals surface area contributed by atoms with E-state index < -0.39 is 0 Å². The Labute approximate surface area is 170 Å². The molecule has 1 aromatic carbocycles. The number of Topliss-reactive ketones (excluding diaryl/α,β-unsaturated/α-hetero) is 1. The summed E-state index contributed by atoms with van der Waals surface area (Å²) in [6.45, 7) is 0. The van der Waals surface area contributed by atoms with Gasteiger partial charge in [-0.2, -0.15) is 5.10 Å². The summed E-state index contributed by atoms with van der Waals surface area (Å²) in [4.78, 5) is 16.5. The Hall–Kier alpha value is -1.78. The van der Waals surface area contributed by atoms with Crippen molar-refractivity contribution in [3.05, 3.63) is 118 Å². The minimum atomic E-state index is -0.381. The molecule has 2 aliphatic rings. The molecular weight excluding hydrogens is 385 g/mol. The predicted molar refractivity (Wildman–Crippen MR) is 97.0 cm³/mol. The second-order valence-corrected chi connectivity index (χ2v) is 5.39. The van der Waals surface area contributed by atoms with E-state index in [2.05, 4.69) is 10.1 Å². The Kier molecular flexibility index (Phi) is 8.89. The Balaban J connectivity index is 0.000000379. The van der Waals surface area contributed by atoms with Gasteiger partial charge >= 0.3 is 17.1 Å². The van der Waals surface area contributed by atoms with E-state index in [1.165, 1.54) is 41.6 Å². The number of halogens is 1. The molecule has 4 nitrogen and oxygen atoms in total. The van der Waals surface area contributed by atoms with Crippen LogP contribution in [0.2, 0.25) is 0 Å². The van der Waals surface area contributed by atoms with Gasteiger partial charge in [0.2, 0.25) is 5.78 Å². The first-order chi connectivity index (χ1) is 12.7. The van der Waals surface area contributed by atoms with Crippen molar-refractivity contribution in [3.8, 4) is 0 Å². The average molecular weight is 401 g/mol. The molecule has 0 amide bonds. The topological polar surface area (TPSA) is 47.8 Å². The third-order valence-electron chi connectivity index (χ3n) is 3.55. The zero-order valence-electron chi connectivity index (χ0n) is 14.2. The first-order valence-corrected chi connectivity index (χ1v) is 7.99. The third-order valence-corrected chi connectivity index (χ3v) is 3.55. The van der Waals surface area contributed by atoms with Crippen LogP contribution in [0.1, 0.15) is 10.4 Å². The van der Waals surface area contributed by atoms with Gasteiger partial charge in [-0.15, -0.1) is 0 Å². The van der Waals surface area contributed by atoms with Crippen LogP contribution < -0.4 is 0 Å². The van der Waals surface area contributed by atoms with Gasteiger partial charge in [0.25, 0.3) is 0 Å². The van der Waals surface area contributed by atoms with Crippen molar-refractivity contribution in [1.82, 2.24) is 14.8 Å². The average Bonchev–Trinajstić information content (AvgIpc) is 3.45. The van der Waals surface area contributed by atoms with E-state index in [4.69, 9.17) is 0 Å². The molecule has 0 spiro atoms. The Morgan fingerprint density at radius 3 is 2.04 bits per heavy atom. The Morgan fingerprint density at radius 1 is 0.926 bits per heavy atom. The van der Waals surface area contributed by atoms with Gasteiger partial charge < -0.3 is 0 Å². The maximum atomic E-state index is 13.0. The molecule has 1 heterocycles. The van der Waals surface area contributed by atoms with Gasteiger partial charge in [-0.3, -0.25) is 4.79 Å². The van der Waals surface area contributed by atoms with Gasteiger partial charge in [0, 0.05) is 11.5 Å². The standard InChI is InChI=1S/C16H11FN3O.C5H5.Fe/c17-14-7-5-13(6-8-14)16(21)15(20-11-18-10-19-20)9-12-3-1-2-4-12;1-2-4-5-3-1;/h1-11H;1-5H;/q;;+2/b15-9-;;. The summed E-state index contributed by atoms with van der Waals surface area (Å²) in [7, 11) is 0. The van der Waals surface area contributed by atoms with Crippen LogP contribution in [0.3, 0.4) is 0 Å². The summed E-state index contributed by atoms with van der Waals surface area (Å²) < 4.78 is 14.4. The van der Waals surface area contributed by atoms with E-state index >= 15 is 0 Å². The van der Waals surface area contributed by atoms with Crippen molar-refractivity contribution < 1.29 is 26.3 Å². The summed E-state index contributed by atoms with van der Waals surface area (Å²) in [6, 6.07) is 5.42. The Bertz CT molecular complexity index is 711. The number of ketones is 1. The van der Waals surface area contributed by atoms with Crippen LogP contribution in [0.15, 0.2) is 43.0 Å². The number of rotatable bonds is 4. The summed E-state index contributed by atoms with van der Waals surface area (Å²) in [5, 5.41) is 4.00. The number of carbonyl (C=O) groups is 1. The largest absolute Gasteiger partial charge is 2.00 e. The van der Waals surface area contributed by atoms with Gasteiger partial charge in [0.1, 0.15) is 24.2 Å². The van der Waals surface area contributed by atoms with E-state index in [1.54, 1.807) is 6.08 Å². The second kappa shape index (κ2) is 11.2.